The highest BCUT2D eigenvalue weighted by atomic mass is 16.3. The van der Waals surface area contributed by atoms with Crippen LogP contribution in [0.15, 0.2) is 22.8 Å². The Hall–Kier alpha value is -0.930. The van der Waals surface area contributed by atoms with Gasteiger partial charge in [-0.15, -0.1) is 0 Å². The molecule has 3 heteroatoms. The highest BCUT2D eigenvalue weighted by molar-refractivity contribution is 6.01. The Labute approximate surface area is 108 Å². The van der Waals surface area contributed by atoms with E-state index in [1.54, 1.807) is 20.8 Å². The molecule has 0 spiro atoms. The number of rotatable bonds is 1. The molecule has 3 nitrogen and oxygen atoms in total. The average Bonchev–Trinajstić information content (AvgIpc) is 2.38. The first-order valence-electron chi connectivity index (χ1n) is 6.56. The van der Waals surface area contributed by atoms with Crippen molar-refractivity contribution in [3.63, 3.8) is 0 Å². The third-order valence-electron chi connectivity index (χ3n) is 4.13. The minimum atomic E-state index is -1.07. The van der Waals surface area contributed by atoms with Crippen LogP contribution in [0.25, 0.3) is 0 Å². The summed E-state index contributed by atoms with van der Waals surface area (Å²) in [5, 5.41) is 20.7. The zero-order valence-corrected chi connectivity index (χ0v) is 11.6. The van der Waals surface area contributed by atoms with Gasteiger partial charge in [0.05, 0.1) is 11.2 Å². The van der Waals surface area contributed by atoms with Crippen LogP contribution < -0.4 is 0 Å². The smallest absolute Gasteiger partial charge is 0.162 e. The molecule has 0 saturated carbocycles. The second-order valence-corrected chi connectivity index (χ2v) is 6.36. The lowest BCUT2D eigenvalue weighted by atomic mass is 9.87. The maximum atomic E-state index is 12.0. The van der Waals surface area contributed by atoms with E-state index in [1.165, 1.54) is 0 Å². The van der Waals surface area contributed by atoms with Gasteiger partial charge >= 0.3 is 0 Å². The van der Waals surface area contributed by atoms with Crippen molar-refractivity contribution in [3.8, 4) is 0 Å². The number of Topliss-reactive ketones (excluding diaryl/α,β-unsaturated/α-hetero) is 1. The van der Waals surface area contributed by atoms with Gasteiger partial charge in [0, 0.05) is 12.0 Å². The molecule has 0 aliphatic heterocycles. The van der Waals surface area contributed by atoms with Gasteiger partial charge in [0.1, 0.15) is 0 Å². The van der Waals surface area contributed by atoms with Gasteiger partial charge in [0.2, 0.25) is 0 Å². The Morgan fingerprint density at radius 3 is 2.61 bits per heavy atom. The van der Waals surface area contributed by atoms with Gasteiger partial charge in [-0.2, -0.15) is 0 Å². The summed E-state index contributed by atoms with van der Waals surface area (Å²) in [6.45, 7) is 7.21. The minimum Gasteiger partial charge on any atom is -0.386 e. The molecule has 2 unspecified atom stereocenters. The van der Waals surface area contributed by atoms with E-state index < -0.39 is 11.2 Å². The van der Waals surface area contributed by atoms with E-state index in [0.29, 0.717) is 24.8 Å². The summed E-state index contributed by atoms with van der Waals surface area (Å²) >= 11 is 0. The van der Waals surface area contributed by atoms with Crippen molar-refractivity contribution in [2.45, 2.75) is 58.2 Å². The van der Waals surface area contributed by atoms with Crippen LogP contribution in [0.1, 0.15) is 47.0 Å². The lowest BCUT2D eigenvalue weighted by Gasteiger charge is -2.25. The van der Waals surface area contributed by atoms with Gasteiger partial charge in [-0.25, -0.2) is 0 Å². The summed E-state index contributed by atoms with van der Waals surface area (Å²) in [5.74, 6) is 0.185. The van der Waals surface area contributed by atoms with E-state index in [4.69, 9.17) is 0 Å². The first-order chi connectivity index (χ1) is 8.13. The molecule has 0 aromatic rings. The third-order valence-corrected chi connectivity index (χ3v) is 4.13. The number of hydrogen-bond acceptors (Lipinski definition) is 3. The Morgan fingerprint density at radius 2 is 2.06 bits per heavy atom. The number of hydrogen-bond donors (Lipinski definition) is 2. The second-order valence-electron chi connectivity index (χ2n) is 6.36. The Bertz CT molecular complexity index is 447. The van der Waals surface area contributed by atoms with Crippen molar-refractivity contribution in [2.24, 2.45) is 5.92 Å². The molecule has 2 N–H and O–H groups in total. The Kier molecular flexibility index (Phi) is 3.03. The van der Waals surface area contributed by atoms with E-state index >= 15 is 0 Å². The molecule has 100 valence electrons. The predicted molar refractivity (Wildman–Crippen MR) is 70.1 cm³/mol. The van der Waals surface area contributed by atoms with Crippen LogP contribution in [-0.2, 0) is 4.79 Å². The van der Waals surface area contributed by atoms with Gasteiger partial charge in [0.15, 0.2) is 5.78 Å². The van der Waals surface area contributed by atoms with Crippen LogP contribution in [0.4, 0.5) is 0 Å². The van der Waals surface area contributed by atoms with E-state index in [2.05, 4.69) is 0 Å². The maximum Gasteiger partial charge on any atom is 0.162 e. The van der Waals surface area contributed by atoms with Crippen LogP contribution >= 0.6 is 0 Å². The zero-order valence-electron chi connectivity index (χ0n) is 11.6. The number of carbonyl (C=O) groups excluding carboxylic acids is 1. The second kappa shape index (κ2) is 4.04. The maximum absolute atomic E-state index is 12.0. The van der Waals surface area contributed by atoms with E-state index in [9.17, 15) is 15.0 Å². The topological polar surface area (TPSA) is 57.5 Å². The van der Waals surface area contributed by atoms with Crippen molar-refractivity contribution in [3.05, 3.63) is 22.8 Å². The van der Waals surface area contributed by atoms with Crippen LogP contribution in [0.5, 0.6) is 0 Å². The molecule has 0 aromatic heterocycles. The molecular weight excluding hydrogens is 228 g/mol. The summed E-state index contributed by atoms with van der Waals surface area (Å²) < 4.78 is 0. The first-order valence-corrected chi connectivity index (χ1v) is 6.56. The monoisotopic (exact) mass is 250 g/mol. The summed E-state index contributed by atoms with van der Waals surface area (Å²) in [5.41, 5.74) is 0.410. The largest absolute Gasteiger partial charge is 0.386 e. The van der Waals surface area contributed by atoms with Crippen molar-refractivity contribution >= 4 is 5.78 Å². The molecule has 18 heavy (non-hydrogen) atoms. The molecule has 0 fully saturated rings. The Balaban J connectivity index is 2.55. The molecule has 2 aliphatic rings. The summed E-state index contributed by atoms with van der Waals surface area (Å²) in [6, 6.07) is 0. The van der Waals surface area contributed by atoms with Crippen LogP contribution in [-0.4, -0.2) is 27.2 Å². The average molecular weight is 250 g/mol. The Morgan fingerprint density at radius 1 is 1.44 bits per heavy atom. The van der Waals surface area contributed by atoms with Gasteiger partial charge < -0.3 is 10.2 Å². The predicted octanol–water partition coefficient (Wildman–Crippen LogP) is 2.13. The van der Waals surface area contributed by atoms with E-state index in [1.807, 2.05) is 13.0 Å². The van der Waals surface area contributed by atoms with Crippen LogP contribution in [0.3, 0.4) is 0 Å². The van der Waals surface area contributed by atoms with E-state index in [-0.39, 0.29) is 11.7 Å². The zero-order chi connectivity index (χ0) is 13.7. The number of aliphatic hydroxyl groups is 2. The van der Waals surface area contributed by atoms with Crippen LogP contribution in [0, 0.1) is 5.92 Å². The van der Waals surface area contributed by atoms with Crippen molar-refractivity contribution in [1.29, 1.82) is 0 Å². The molecule has 0 heterocycles. The third kappa shape index (κ3) is 2.17. The van der Waals surface area contributed by atoms with Gasteiger partial charge in [-0.1, -0.05) is 13.0 Å². The quantitative estimate of drug-likeness (QED) is 0.749. The molecule has 2 rings (SSSR count). The molecule has 0 bridgehead atoms. The lowest BCUT2D eigenvalue weighted by Crippen LogP contribution is -2.30. The fraction of sp³-hybridized carbons (Fsp3) is 0.667. The minimum absolute atomic E-state index is 0.0516. The molecular formula is C15H22O3. The lowest BCUT2D eigenvalue weighted by molar-refractivity contribution is -0.117. The van der Waals surface area contributed by atoms with Crippen molar-refractivity contribution in [1.82, 2.24) is 0 Å². The van der Waals surface area contributed by atoms with Gasteiger partial charge in [0.25, 0.3) is 0 Å². The molecule has 0 radical (unpaired) electrons. The number of carbonyl (C=O) groups is 1. The van der Waals surface area contributed by atoms with E-state index in [0.717, 1.165) is 11.1 Å². The summed E-state index contributed by atoms with van der Waals surface area (Å²) in [6.07, 6.45) is 3.51. The van der Waals surface area contributed by atoms with Gasteiger partial charge in [-0.05, 0) is 50.7 Å². The molecule has 0 aromatic carbocycles. The molecule has 0 amide bonds. The van der Waals surface area contributed by atoms with Gasteiger partial charge in [-0.3, -0.25) is 4.79 Å². The first kappa shape index (κ1) is 13.5. The molecule has 0 saturated heterocycles. The standard InChI is InChI=1S/C15H22O3/c1-9-7-12(16)13-11(9)8-10(14(2,3)17)5-6-15(13,4)18/h8-9,17-18H,5-7H2,1-4H3. The highest BCUT2D eigenvalue weighted by Crippen LogP contribution is 2.43. The number of ketones is 1. The number of allylic oxidation sites excluding steroid dienone is 2. The fourth-order valence-electron chi connectivity index (χ4n) is 2.97. The summed E-state index contributed by atoms with van der Waals surface area (Å²) in [7, 11) is 0. The fourth-order valence-corrected chi connectivity index (χ4v) is 2.97. The summed E-state index contributed by atoms with van der Waals surface area (Å²) in [4.78, 5) is 12.0. The normalized spacial score (nSPS) is 33.3. The molecule has 2 atom stereocenters. The SMILES string of the molecule is CC1CC(=O)C2=C1C=C(C(C)(C)O)CCC2(C)O. The molecule has 2 aliphatic carbocycles. The van der Waals surface area contributed by atoms with Crippen molar-refractivity contribution in [2.75, 3.05) is 0 Å². The highest BCUT2D eigenvalue weighted by Gasteiger charge is 2.41. The van der Waals surface area contributed by atoms with Crippen LogP contribution in [0.2, 0.25) is 0 Å². The van der Waals surface area contributed by atoms with Crippen molar-refractivity contribution < 1.29 is 15.0 Å².